The SMILES string of the molecule is C1=Cc2ccccc2[C]1c1cccc2cccnc12. The van der Waals surface area contributed by atoms with Crippen molar-refractivity contribution < 1.29 is 0 Å². The molecule has 0 N–H and O–H groups in total. The Morgan fingerprint density at radius 1 is 0.684 bits per heavy atom. The number of fused-ring (bicyclic) bond motifs is 2. The molecule has 0 saturated carbocycles. The van der Waals surface area contributed by atoms with Crippen LogP contribution in [0.15, 0.2) is 66.9 Å². The third kappa shape index (κ3) is 1.59. The average molecular weight is 242 g/mol. The molecule has 1 heterocycles. The van der Waals surface area contributed by atoms with Crippen LogP contribution in [0.2, 0.25) is 0 Å². The summed E-state index contributed by atoms with van der Waals surface area (Å²) in [7, 11) is 0. The molecule has 0 fully saturated rings. The summed E-state index contributed by atoms with van der Waals surface area (Å²) in [4.78, 5) is 4.54. The molecule has 2 aromatic carbocycles. The zero-order chi connectivity index (χ0) is 12.7. The van der Waals surface area contributed by atoms with Gasteiger partial charge in [-0.3, -0.25) is 4.98 Å². The number of nitrogens with zero attached hydrogens (tertiary/aromatic N) is 1. The van der Waals surface area contributed by atoms with Gasteiger partial charge in [-0.15, -0.1) is 0 Å². The fraction of sp³-hybridized carbons (Fsp3) is 0. The highest BCUT2D eigenvalue weighted by Crippen LogP contribution is 2.36. The highest BCUT2D eigenvalue weighted by atomic mass is 14.7. The van der Waals surface area contributed by atoms with Gasteiger partial charge in [-0.1, -0.05) is 60.7 Å². The standard InChI is InChI=1S/C18H12N/c1-2-8-15-13(5-1)10-11-16(15)17-9-3-6-14-7-4-12-19-18(14)17/h1-12H. The van der Waals surface area contributed by atoms with Crippen LogP contribution in [0.5, 0.6) is 0 Å². The Hall–Kier alpha value is -2.41. The van der Waals surface area contributed by atoms with Gasteiger partial charge >= 0.3 is 0 Å². The first-order valence-corrected chi connectivity index (χ1v) is 6.42. The van der Waals surface area contributed by atoms with Crippen molar-refractivity contribution in [1.82, 2.24) is 4.98 Å². The molecule has 4 rings (SSSR count). The minimum atomic E-state index is 1.07. The summed E-state index contributed by atoms with van der Waals surface area (Å²) in [6.07, 6.45) is 6.22. The first-order valence-electron chi connectivity index (χ1n) is 6.42. The molecule has 0 spiro atoms. The number of pyridine rings is 1. The van der Waals surface area contributed by atoms with Crippen LogP contribution in [0.1, 0.15) is 16.7 Å². The first kappa shape index (κ1) is 10.5. The smallest absolute Gasteiger partial charge is 0.0746 e. The van der Waals surface area contributed by atoms with Crippen LogP contribution in [-0.2, 0) is 0 Å². The average Bonchev–Trinajstić information content (AvgIpc) is 2.90. The molecule has 0 bridgehead atoms. The van der Waals surface area contributed by atoms with Crippen LogP contribution in [0, 0.1) is 5.92 Å². The van der Waals surface area contributed by atoms with Gasteiger partial charge in [0, 0.05) is 11.6 Å². The van der Waals surface area contributed by atoms with Crippen molar-refractivity contribution in [2.75, 3.05) is 0 Å². The molecule has 3 aromatic rings. The van der Waals surface area contributed by atoms with Gasteiger partial charge in [-0.05, 0) is 22.8 Å². The molecule has 19 heavy (non-hydrogen) atoms. The second kappa shape index (κ2) is 4.06. The van der Waals surface area contributed by atoms with Crippen LogP contribution < -0.4 is 0 Å². The highest BCUT2D eigenvalue weighted by Gasteiger charge is 2.21. The Bertz CT molecular complexity index is 781. The number of rotatable bonds is 1. The minimum Gasteiger partial charge on any atom is -0.256 e. The monoisotopic (exact) mass is 242 g/mol. The number of aromatic nitrogens is 1. The Morgan fingerprint density at radius 3 is 2.53 bits per heavy atom. The fourth-order valence-electron chi connectivity index (χ4n) is 2.71. The molecule has 89 valence electrons. The minimum absolute atomic E-state index is 1.07. The van der Waals surface area contributed by atoms with Crippen LogP contribution in [0.4, 0.5) is 0 Å². The maximum absolute atomic E-state index is 4.54. The van der Waals surface area contributed by atoms with Crippen LogP contribution in [-0.4, -0.2) is 4.98 Å². The predicted molar refractivity (Wildman–Crippen MR) is 78.7 cm³/mol. The van der Waals surface area contributed by atoms with E-state index in [4.69, 9.17) is 0 Å². The molecule has 1 heteroatoms. The third-order valence-corrected chi connectivity index (χ3v) is 3.60. The van der Waals surface area contributed by atoms with Crippen LogP contribution in [0.25, 0.3) is 17.0 Å². The molecular formula is C18H12N. The van der Waals surface area contributed by atoms with E-state index in [0.717, 1.165) is 5.52 Å². The van der Waals surface area contributed by atoms with Crippen molar-refractivity contribution in [2.45, 2.75) is 0 Å². The first-order chi connectivity index (χ1) is 9.43. The van der Waals surface area contributed by atoms with E-state index in [2.05, 4.69) is 65.7 Å². The van der Waals surface area contributed by atoms with Crippen LogP contribution >= 0.6 is 0 Å². The number of hydrogen-bond donors (Lipinski definition) is 0. The quantitative estimate of drug-likeness (QED) is 0.622. The number of allylic oxidation sites excluding steroid dienone is 1. The summed E-state index contributed by atoms with van der Waals surface area (Å²) in [5.41, 5.74) is 4.85. The van der Waals surface area contributed by atoms with E-state index in [1.165, 1.54) is 28.0 Å². The largest absolute Gasteiger partial charge is 0.256 e. The molecule has 1 aromatic heterocycles. The maximum Gasteiger partial charge on any atom is 0.0746 e. The van der Waals surface area contributed by atoms with E-state index in [1.807, 2.05) is 12.3 Å². The number of para-hydroxylation sites is 1. The van der Waals surface area contributed by atoms with Gasteiger partial charge in [0.05, 0.1) is 11.4 Å². The van der Waals surface area contributed by atoms with E-state index in [1.54, 1.807) is 0 Å². The van der Waals surface area contributed by atoms with Crippen molar-refractivity contribution in [1.29, 1.82) is 0 Å². The summed E-state index contributed by atoms with van der Waals surface area (Å²) in [5, 5.41) is 1.19. The van der Waals surface area contributed by atoms with Crippen LogP contribution in [0.3, 0.4) is 0 Å². The van der Waals surface area contributed by atoms with Crippen molar-refractivity contribution in [3.63, 3.8) is 0 Å². The molecular weight excluding hydrogens is 230 g/mol. The lowest BCUT2D eigenvalue weighted by atomic mass is 9.91. The van der Waals surface area contributed by atoms with Crippen molar-refractivity contribution >= 4 is 17.0 Å². The van der Waals surface area contributed by atoms with Gasteiger partial charge in [0.2, 0.25) is 0 Å². The van der Waals surface area contributed by atoms with Crippen molar-refractivity contribution in [3.8, 4) is 0 Å². The Morgan fingerprint density at radius 2 is 1.53 bits per heavy atom. The summed E-state index contributed by atoms with van der Waals surface area (Å²) < 4.78 is 0. The van der Waals surface area contributed by atoms with Gasteiger partial charge in [0.25, 0.3) is 0 Å². The summed E-state index contributed by atoms with van der Waals surface area (Å²) in [5.74, 6) is 1.26. The zero-order valence-corrected chi connectivity index (χ0v) is 10.4. The molecule has 0 saturated heterocycles. The second-order valence-electron chi connectivity index (χ2n) is 4.71. The molecule has 1 aliphatic carbocycles. The Balaban J connectivity index is 1.96. The molecule has 0 unspecified atom stereocenters. The highest BCUT2D eigenvalue weighted by molar-refractivity contribution is 5.87. The molecule has 0 atom stereocenters. The topological polar surface area (TPSA) is 12.9 Å². The number of benzene rings is 2. The second-order valence-corrected chi connectivity index (χ2v) is 4.71. The zero-order valence-electron chi connectivity index (χ0n) is 10.4. The van der Waals surface area contributed by atoms with E-state index in [0.29, 0.717) is 0 Å². The lowest BCUT2D eigenvalue weighted by Gasteiger charge is -2.12. The normalized spacial score (nSPS) is 13.9. The van der Waals surface area contributed by atoms with E-state index >= 15 is 0 Å². The third-order valence-electron chi connectivity index (χ3n) is 3.60. The lowest BCUT2D eigenvalue weighted by Crippen LogP contribution is -1.98. The van der Waals surface area contributed by atoms with Crippen molar-refractivity contribution in [2.24, 2.45) is 0 Å². The van der Waals surface area contributed by atoms with Gasteiger partial charge in [-0.2, -0.15) is 0 Å². The van der Waals surface area contributed by atoms with Gasteiger partial charge in [-0.25, -0.2) is 0 Å². The van der Waals surface area contributed by atoms with E-state index in [9.17, 15) is 0 Å². The van der Waals surface area contributed by atoms with Gasteiger partial charge in [0.1, 0.15) is 0 Å². The Kier molecular flexibility index (Phi) is 2.25. The summed E-state index contributed by atoms with van der Waals surface area (Å²) in [6.45, 7) is 0. The van der Waals surface area contributed by atoms with Gasteiger partial charge in [0.15, 0.2) is 0 Å². The van der Waals surface area contributed by atoms with E-state index < -0.39 is 0 Å². The molecule has 1 aliphatic rings. The summed E-state index contributed by atoms with van der Waals surface area (Å²) >= 11 is 0. The fourth-order valence-corrected chi connectivity index (χ4v) is 2.71. The lowest BCUT2D eigenvalue weighted by molar-refractivity contribution is 1.30. The molecule has 0 aliphatic heterocycles. The molecule has 0 amide bonds. The van der Waals surface area contributed by atoms with Gasteiger partial charge < -0.3 is 0 Å². The maximum atomic E-state index is 4.54. The molecule has 1 radical (unpaired) electrons. The van der Waals surface area contributed by atoms with E-state index in [-0.39, 0.29) is 0 Å². The Labute approximate surface area is 112 Å². The molecule has 1 nitrogen and oxygen atoms in total. The predicted octanol–water partition coefficient (Wildman–Crippen LogP) is 4.23. The number of hydrogen-bond acceptors (Lipinski definition) is 1. The van der Waals surface area contributed by atoms with Crippen molar-refractivity contribution in [3.05, 3.63) is 89.5 Å². The summed E-state index contributed by atoms with van der Waals surface area (Å²) in [6, 6.07) is 18.9.